The number of benzene rings is 3. The van der Waals surface area contributed by atoms with Gasteiger partial charge in [-0.25, -0.2) is 0 Å². The number of halogens is 2. The summed E-state index contributed by atoms with van der Waals surface area (Å²) in [4.78, 5) is 0. The zero-order chi connectivity index (χ0) is 15.7. The fourth-order valence-corrected chi connectivity index (χ4v) is 2.56. The van der Waals surface area contributed by atoms with Crippen LogP contribution in [0.15, 0.2) is 58.8 Å². The van der Waals surface area contributed by atoms with Crippen LogP contribution in [-0.4, -0.2) is 10.2 Å². The van der Waals surface area contributed by atoms with Crippen LogP contribution in [0.1, 0.15) is 0 Å². The van der Waals surface area contributed by atoms with Crippen LogP contribution in [0.4, 0.5) is 11.4 Å². The van der Waals surface area contributed by atoms with Crippen LogP contribution in [0.2, 0.25) is 10.0 Å². The van der Waals surface area contributed by atoms with Crippen molar-refractivity contribution in [2.45, 2.75) is 0 Å². The Morgan fingerprint density at radius 3 is 2.45 bits per heavy atom. The Kier molecular flexibility index (Phi) is 3.88. The highest BCUT2D eigenvalue weighted by molar-refractivity contribution is 6.36. The van der Waals surface area contributed by atoms with Crippen molar-refractivity contribution in [1.82, 2.24) is 0 Å². The third-order valence-electron chi connectivity index (χ3n) is 3.15. The highest BCUT2D eigenvalue weighted by Crippen LogP contribution is 2.40. The summed E-state index contributed by atoms with van der Waals surface area (Å²) in [6.45, 7) is 0. The van der Waals surface area contributed by atoms with Gasteiger partial charge in [0.25, 0.3) is 0 Å². The maximum Gasteiger partial charge on any atom is 0.161 e. The van der Waals surface area contributed by atoms with Gasteiger partial charge in [0.05, 0.1) is 5.02 Å². The van der Waals surface area contributed by atoms with Crippen LogP contribution in [0, 0.1) is 0 Å². The fourth-order valence-electron chi connectivity index (χ4n) is 2.08. The summed E-state index contributed by atoms with van der Waals surface area (Å²) in [7, 11) is 0. The summed E-state index contributed by atoms with van der Waals surface area (Å²) in [6, 6.07) is 13.6. The molecule has 3 aromatic rings. The second-order valence-electron chi connectivity index (χ2n) is 4.61. The van der Waals surface area contributed by atoms with Crippen molar-refractivity contribution in [2.75, 3.05) is 0 Å². The van der Waals surface area contributed by atoms with Gasteiger partial charge in [0.1, 0.15) is 17.1 Å². The minimum Gasteiger partial charge on any atom is -0.506 e. The van der Waals surface area contributed by atoms with Crippen LogP contribution in [0.5, 0.6) is 11.5 Å². The average molecular weight is 333 g/mol. The predicted molar refractivity (Wildman–Crippen MR) is 87.9 cm³/mol. The molecule has 110 valence electrons. The third kappa shape index (κ3) is 2.71. The molecule has 0 unspecified atom stereocenters. The largest absolute Gasteiger partial charge is 0.506 e. The molecule has 3 rings (SSSR count). The molecule has 0 radical (unpaired) electrons. The van der Waals surface area contributed by atoms with E-state index in [1.165, 1.54) is 12.1 Å². The van der Waals surface area contributed by atoms with Crippen molar-refractivity contribution in [3.8, 4) is 11.5 Å². The molecule has 0 aromatic heterocycles. The summed E-state index contributed by atoms with van der Waals surface area (Å²) < 4.78 is 0. The molecular weight excluding hydrogens is 323 g/mol. The number of nitrogens with zero attached hydrogens (tertiary/aromatic N) is 2. The van der Waals surface area contributed by atoms with Gasteiger partial charge in [-0.2, -0.15) is 0 Å². The van der Waals surface area contributed by atoms with E-state index in [2.05, 4.69) is 10.2 Å². The predicted octanol–water partition coefficient (Wildman–Crippen LogP) is 5.97. The first-order chi connectivity index (χ1) is 10.6. The maximum absolute atomic E-state index is 10.00. The van der Waals surface area contributed by atoms with Crippen molar-refractivity contribution in [3.63, 3.8) is 0 Å². The topological polar surface area (TPSA) is 65.2 Å². The summed E-state index contributed by atoms with van der Waals surface area (Å²) in [5, 5.41) is 30.0. The van der Waals surface area contributed by atoms with Gasteiger partial charge in [-0.3, -0.25) is 0 Å². The van der Waals surface area contributed by atoms with Crippen molar-refractivity contribution in [3.05, 3.63) is 58.6 Å². The number of hydrogen-bond donors (Lipinski definition) is 2. The van der Waals surface area contributed by atoms with E-state index in [1.54, 1.807) is 12.1 Å². The van der Waals surface area contributed by atoms with E-state index < -0.39 is 0 Å². The molecule has 0 heterocycles. The van der Waals surface area contributed by atoms with Crippen molar-refractivity contribution in [1.29, 1.82) is 0 Å². The first kappa shape index (κ1) is 14.6. The monoisotopic (exact) mass is 332 g/mol. The second kappa shape index (κ2) is 5.83. The standard InChI is InChI=1S/C16H10Cl2N2O2/c17-10-7-12(18)16(22)13(8-10)19-20-15-11-4-2-1-3-9(11)5-6-14(15)21/h1-8,21-22H/b20-19+. The Balaban J connectivity index is 2.12. The van der Waals surface area contributed by atoms with Crippen LogP contribution in [0.3, 0.4) is 0 Å². The molecule has 4 nitrogen and oxygen atoms in total. The molecule has 0 aliphatic heterocycles. The Bertz CT molecular complexity index is 895. The van der Waals surface area contributed by atoms with E-state index in [1.807, 2.05) is 24.3 Å². The number of azo groups is 1. The zero-order valence-corrected chi connectivity index (χ0v) is 12.7. The van der Waals surface area contributed by atoms with Crippen molar-refractivity contribution >= 4 is 45.3 Å². The van der Waals surface area contributed by atoms with Crippen molar-refractivity contribution < 1.29 is 10.2 Å². The van der Waals surface area contributed by atoms with Gasteiger partial charge in [0.2, 0.25) is 0 Å². The number of hydrogen-bond acceptors (Lipinski definition) is 4. The van der Waals surface area contributed by atoms with E-state index in [9.17, 15) is 10.2 Å². The summed E-state index contributed by atoms with van der Waals surface area (Å²) in [5.41, 5.74) is 0.443. The molecule has 0 aliphatic carbocycles. The fraction of sp³-hybridized carbons (Fsp3) is 0. The quantitative estimate of drug-likeness (QED) is 0.567. The summed E-state index contributed by atoms with van der Waals surface area (Å²) in [5.74, 6) is -0.218. The van der Waals surface area contributed by atoms with Crippen LogP contribution >= 0.6 is 23.2 Å². The van der Waals surface area contributed by atoms with Crippen molar-refractivity contribution in [2.24, 2.45) is 10.2 Å². The molecule has 0 fully saturated rings. The Hall–Kier alpha value is -2.30. The average Bonchev–Trinajstić information content (AvgIpc) is 2.50. The molecule has 0 spiro atoms. The van der Waals surface area contributed by atoms with Crippen LogP contribution in [-0.2, 0) is 0 Å². The first-order valence-electron chi connectivity index (χ1n) is 6.37. The molecule has 3 aromatic carbocycles. The Labute approximate surface area is 136 Å². The normalized spacial score (nSPS) is 11.4. The SMILES string of the molecule is Oc1ccc2ccccc2c1/N=N/c1cc(Cl)cc(Cl)c1O. The molecule has 0 amide bonds. The van der Waals surface area contributed by atoms with Gasteiger partial charge in [-0.15, -0.1) is 10.2 Å². The highest BCUT2D eigenvalue weighted by atomic mass is 35.5. The molecule has 0 atom stereocenters. The van der Waals surface area contributed by atoms with E-state index in [0.29, 0.717) is 10.7 Å². The second-order valence-corrected chi connectivity index (χ2v) is 5.45. The van der Waals surface area contributed by atoms with E-state index in [0.717, 1.165) is 10.8 Å². The van der Waals surface area contributed by atoms with Gasteiger partial charge in [-0.05, 0) is 23.6 Å². The van der Waals surface area contributed by atoms with Gasteiger partial charge in [-0.1, -0.05) is 53.5 Å². The van der Waals surface area contributed by atoms with Gasteiger partial charge in [0, 0.05) is 10.4 Å². The molecule has 22 heavy (non-hydrogen) atoms. The maximum atomic E-state index is 10.00. The number of phenols is 2. The number of fused-ring (bicyclic) bond motifs is 1. The summed E-state index contributed by atoms with van der Waals surface area (Å²) >= 11 is 11.7. The summed E-state index contributed by atoms with van der Waals surface area (Å²) in [6.07, 6.45) is 0. The lowest BCUT2D eigenvalue weighted by atomic mass is 10.1. The van der Waals surface area contributed by atoms with Crippen LogP contribution in [0.25, 0.3) is 10.8 Å². The molecular formula is C16H10Cl2N2O2. The number of aromatic hydroxyl groups is 2. The number of phenolic OH excluding ortho intramolecular Hbond substituents is 2. The highest BCUT2D eigenvalue weighted by Gasteiger charge is 2.09. The number of rotatable bonds is 2. The van der Waals surface area contributed by atoms with Crippen LogP contribution < -0.4 is 0 Å². The Morgan fingerprint density at radius 1 is 0.864 bits per heavy atom. The molecule has 0 saturated heterocycles. The van der Waals surface area contributed by atoms with E-state index >= 15 is 0 Å². The molecule has 0 saturated carbocycles. The van der Waals surface area contributed by atoms with Gasteiger partial charge in [0.15, 0.2) is 5.75 Å². The van der Waals surface area contributed by atoms with Gasteiger partial charge >= 0.3 is 0 Å². The Morgan fingerprint density at radius 2 is 1.64 bits per heavy atom. The lowest BCUT2D eigenvalue weighted by Crippen LogP contribution is -1.75. The molecule has 6 heteroatoms. The third-order valence-corrected chi connectivity index (χ3v) is 3.65. The zero-order valence-electron chi connectivity index (χ0n) is 11.2. The smallest absolute Gasteiger partial charge is 0.161 e. The van der Waals surface area contributed by atoms with E-state index in [4.69, 9.17) is 23.2 Å². The first-order valence-corrected chi connectivity index (χ1v) is 7.12. The molecule has 0 aliphatic rings. The lowest BCUT2D eigenvalue weighted by molar-refractivity contribution is 0.474. The molecule has 2 N–H and O–H groups in total. The van der Waals surface area contributed by atoms with E-state index in [-0.39, 0.29) is 22.2 Å². The van der Waals surface area contributed by atoms with Gasteiger partial charge < -0.3 is 10.2 Å². The molecule has 0 bridgehead atoms. The minimum atomic E-state index is -0.213. The minimum absolute atomic E-state index is 0.00457. The lowest BCUT2D eigenvalue weighted by Gasteiger charge is -2.04.